The van der Waals surface area contributed by atoms with E-state index in [1.807, 2.05) is 0 Å². The maximum absolute atomic E-state index is 13.4. The molecule has 0 radical (unpaired) electrons. The molecule has 2 N–H and O–H groups in total. The zero-order valence-corrected chi connectivity index (χ0v) is 10.7. The van der Waals surface area contributed by atoms with Gasteiger partial charge in [-0.25, -0.2) is 17.5 Å². The second-order valence-corrected chi connectivity index (χ2v) is 5.66. The van der Waals surface area contributed by atoms with Crippen LogP contribution in [0.3, 0.4) is 0 Å². The SMILES string of the molecule is O=S(=O)(NCc1cccc(O)c1)c1ccccc1F. The summed E-state index contributed by atoms with van der Waals surface area (Å²) in [4.78, 5) is -0.393. The van der Waals surface area contributed by atoms with Crippen LogP contribution in [0.15, 0.2) is 53.4 Å². The van der Waals surface area contributed by atoms with E-state index in [0.29, 0.717) is 5.56 Å². The van der Waals surface area contributed by atoms with Crippen molar-refractivity contribution >= 4 is 10.0 Å². The second kappa shape index (κ2) is 5.38. The minimum Gasteiger partial charge on any atom is -0.508 e. The topological polar surface area (TPSA) is 66.4 Å². The van der Waals surface area contributed by atoms with Crippen molar-refractivity contribution in [2.24, 2.45) is 0 Å². The fraction of sp³-hybridized carbons (Fsp3) is 0.0769. The monoisotopic (exact) mass is 281 g/mol. The third-order valence-corrected chi connectivity index (χ3v) is 3.94. The summed E-state index contributed by atoms with van der Waals surface area (Å²) in [6, 6.07) is 11.3. The molecule has 6 heteroatoms. The summed E-state index contributed by atoms with van der Waals surface area (Å²) in [5.74, 6) is -0.756. The summed E-state index contributed by atoms with van der Waals surface area (Å²) in [6.07, 6.45) is 0. The molecule has 0 aliphatic carbocycles. The van der Waals surface area contributed by atoms with E-state index in [9.17, 15) is 17.9 Å². The van der Waals surface area contributed by atoms with E-state index in [1.54, 1.807) is 12.1 Å². The molecule has 0 saturated carbocycles. The maximum atomic E-state index is 13.4. The van der Waals surface area contributed by atoms with Gasteiger partial charge in [-0.2, -0.15) is 0 Å². The molecular formula is C13H12FNO3S. The second-order valence-electron chi connectivity index (χ2n) is 3.92. The number of nitrogens with one attached hydrogen (secondary N) is 1. The molecule has 0 atom stereocenters. The molecule has 2 rings (SSSR count). The van der Waals surface area contributed by atoms with Gasteiger partial charge in [0, 0.05) is 6.54 Å². The highest BCUT2D eigenvalue weighted by Gasteiger charge is 2.17. The van der Waals surface area contributed by atoms with E-state index in [2.05, 4.69) is 4.72 Å². The third kappa shape index (κ3) is 3.30. The van der Waals surface area contributed by atoms with Crippen LogP contribution in [0.5, 0.6) is 5.75 Å². The maximum Gasteiger partial charge on any atom is 0.243 e. The Hall–Kier alpha value is -1.92. The van der Waals surface area contributed by atoms with Crippen molar-refractivity contribution in [2.45, 2.75) is 11.4 Å². The smallest absolute Gasteiger partial charge is 0.243 e. The van der Waals surface area contributed by atoms with Gasteiger partial charge in [-0.3, -0.25) is 0 Å². The van der Waals surface area contributed by atoms with E-state index >= 15 is 0 Å². The fourth-order valence-corrected chi connectivity index (χ4v) is 2.68. The van der Waals surface area contributed by atoms with Crippen molar-refractivity contribution in [3.63, 3.8) is 0 Å². The molecule has 0 bridgehead atoms. The molecule has 0 saturated heterocycles. The van der Waals surface area contributed by atoms with Crippen LogP contribution in [0, 0.1) is 5.82 Å². The fourth-order valence-electron chi connectivity index (χ4n) is 1.59. The zero-order valence-electron chi connectivity index (χ0n) is 9.88. The molecular weight excluding hydrogens is 269 g/mol. The Bertz CT molecular complexity index is 686. The number of phenolic OH excluding ortho intramolecular Hbond substituents is 1. The number of phenols is 1. The lowest BCUT2D eigenvalue weighted by Crippen LogP contribution is -2.24. The van der Waals surface area contributed by atoms with Gasteiger partial charge in [-0.15, -0.1) is 0 Å². The molecule has 2 aromatic carbocycles. The molecule has 19 heavy (non-hydrogen) atoms. The normalized spacial score (nSPS) is 11.4. The number of benzene rings is 2. The molecule has 4 nitrogen and oxygen atoms in total. The van der Waals surface area contributed by atoms with Gasteiger partial charge in [-0.05, 0) is 29.8 Å². The highest BCUT2D eigenvalue weighted by Crippen LogP contribution is 2.15. The zero-order chi connectivity index (χ0) is 13.9. The predicted octanol–water partition coefficient (Wildman–Crippen LogP) is 2.01. The standard InChI is InChI=1S/C13H12FNO3S/c14-12-6-1-2-7-13(12)19(17,18)15-9-10-4-3-5-11(16)8-10/h1-8,15-16H,9H2. The molecule has 0 spiro atoms. The van der Waals surface area contributed by atoms with E-state index < -0.39 is 20.7 Å². The first kappa shape index (κ1) is 13.5. The molecule has 0 unspecified atom stereocenters. The van der Waals surface area contributed by atoms with Gasteiger partial charge in [0.15, 0.2) is 0 Å². The van der Waals surface area contributed by atoms with Crippen LogP contribution in [0.2, 0.25) is 0 Å². The summed E-state index contributed by atoms with van der Waals surface area (Å²) in [6.45, 7) is -0.0228. The van der Waals surface area contributed by atoms with Gasteiger partial charge >= 0.3 is 0 Å². The Morgan fingerprint density at radius 1 is 1.11 bits per heavy atom. The molecule has 2 aromatic rings. The Kier molecular flexibility index (Phi) is 3.82. The van der Waals surface area contributed by atoms with Crippen LogP contribution in [0.4, 0.5) is 4.39 Å². The number of hydrogen-bond donors (Lipinski definition) is 2. The van der Waals surface area contributed by atoms with Crippen molar-refractivity contribution in [1.82, 2.24) is 4.72 Å². The van der Waals surface area contributed by atoms with Crippen LogP contribution in [-0.4, -0.2) is 13.5 Å². The first-order valence-electron chi connectivity index (χ1n) is 5.51. The van der Waals surface area contributed by atoms with Gasteiger partial charge in [0.2, 0.25) is 10.0 Å². The van der Waals surface area contributed by atoms with E-state index in [0.717, 1.165) is 6.07 Å². The number of aromatic hydroxyl groups is 1. The lowest BCUT2D eigenvalue weighted by Gasteiger charge is -2.07. The van der Waals surface area contributed by atoms with Gasteiger partial charge in [0.25, 0.3) is 0 Å². The summed E-state index contributed by atoms with van der Waals surface area (Å²) in [7, 11) is -3.91. The third-order valence-electron chi connectivity index (χ3n) is 2.50. The number of halogens is 1. The molecule has 0 aliphatic heterocycles. The summed E-state index contributed by atoms with van der Waals surface area (Å²) in [5.41, 5.74) is 0.583. The lowest BCUT2D eigenvalue weighted by molar-refractivity contribution is 0.474. The first-order valence-corrected chi connectivity index (χ1v) is 6.99. The van der Waals surface area contributed by atoms with Crippen molar-refractivity contribution in [3.8, 4) is 5.75 Å². The summed E-state index contributed by atoms with van der Waals surface area (Å²) >= 11 is 0. The Balaban J connectivity index is 2.17. The van der Waals surface area contributed by atoms with Crippen molar-refractivity contribution in [3.05, 3.63) is 59.9 Å². The molecule has 0 amide bonds. The Morgan fingerprint density at radius 3 is 2.53 bits per heavy atom. The molecule has 100 valence electrons. The van der Waals surface area contributed by atoms with Crippen LogP contribution in [0.25, 0.3) is 0 Å². The van der Waals surface area contributed by atoms with Crippen LogP contribution >= 0.6 is 0 Å². The van der Waals surface area contributed by atoms with E-state index in [-0.39, 0.29) is 12.3 Å². The van der Waals surface area contributed by atoms with Crippen LogP contribution in [0.1, 0.15) is 5.56 Å². The van der Waals surface area contributed by atoms with Gasteiger partial charge in [-0.1, -0.05) is 24.3 Å². The Morgan fingerprint density at radius 2 is 1.84 bits per heavy atom. The summed E-state index contributed by atoms with van der Waals surface area (Å²) in [5, 5.41) is 9.27. The predicted molar refractivity (Wildman–Crippen MR) is 68.5 cm³/mol. The number of rotatable bonds is 4. The minimum absolute atomic E-state index is 0.0228. The Labute approximate surface area is 110 Å². The molecule has 0 aromatic heterocycles. The van der Waals surface area contributed by atoms with Gasteiger partial charge < -0.3 is 5.11 Å². The van der Waals surface area contributed by atoms with Crippen LogP contribution in [-0.2, 0) is 16.6 Å². The number of hydrogen-bond acceptors (Lipinski definition) is 3. The van der Waals surface area contributed by atoms with Crippen molar-refractivity contribution in [2.75, 3.05) is 0 Å². The summed E-state index contributed by atoms with van der Waals surface area (Å²) < 4.78 is 39.5. The first-order chi connectivity index (χ1) is 8.99. The minimum atomic E-state index is -3.91. The molecule has 0 fully saturated rings. The average Bonchev–Trinajstić information content (AvgIpc) is 2.37. The van der Waals surface area contributed by atoms with Crippen molar-refractivity contribution in [1.29, 1.82) is 0 Å². The largest absolute Gasteiger partial charge is 0.508 e. The van der Waals surface area contributed by atoms with Gasteiger partial charge in [0.1, 0.15) is 16.5 Å². The highest BCUT2D eigenvalue weighted by molar-refractivity contribution is 7.89. The van der Waals surface area contributed by atoms with Crippen LogP contribution < -0.4 is 4.72 Å². The highest BCUT2D eigenvalue weighted by atomic mass is 32.2. The molecule has 0 aliphatic rings. The molecule has 0 heterocycles. The lowest BCUT2D eigenvalue weighted by atomic mass is 10.2. The van der Waals surface area contributed by atoms with Gasteiger partial charge in [0.05, 0.1) is 0 Å². The van der Waals surface area contributed by atoms with E-state index in [1.165, 1.54) is 30.3 Å². The average molecular weight is 281 g/mol. The number of sulfonamides is 1. The van der Waals surface area contributed by atoms with E-state index in [4.69, 9.17) is 0 Å². The quantitative estimate of drug-likeness (QED) is 0.901. The van der Waals surface area contributed by atoms with Crippen molar-refractivity contribution < 1.29 is 17.9 Å².